The number of amides is 2. The van der Waals surface area contributed by atoms with Gasteiger partial charge in [-0.25, -0.2) is 4.79 Å². The van der Waals surface area contributed by atoms with Crippen LogP contribution in [0.2, 0.25) is 0 Å². The number of hydrogen-bond acceptors (Lipinski definition) is 5. The van der Waals surface area contributed by atoms with Gasteiger partial charge in [0.05, 0.1) is 19.3 Å². The maximum Gasteiger partial charge on any atom is 0.317 e. The Balaban J connectivity index is 2.26. The lowest BCUT2D eigenvalue weighted by Gasteiger charge is -2.34. The van der Waals surface area contributed by atoms with Crippen LogP contribution < -0.4 is 5.32 Å². The summed E-state index contributed by atoms with van der Waals surface area (Å²) in [7, 11) is 3.15. The Morgan fingerprint density at radius 2 is 1.90 bits per heavy atom. The molecule has 0 aromatic carbocycles. The molecule has 1 aliphatic rings. The molecule has 0 saturated carbocycles. The van der Waals surface area contributed by atoms with Crippen LogP contribution in [0.15, 0.2) is 0 Å². The van der Waals surface area contributed by atoms with Crippen molar-refractivity contribution in [2.24, 2.45) is 0 Å². The van der Waals surface area contributed by atoms with Crippen LogP contribution in [-0.4, -0.2) is 93.1 Å². The lowest BCUT2D eigenvalue weighted by atomic mass is 10.3. The van der Waals surface area contributed by atoms with Crippen LogP contribution in [0, 0.1) is 0 Å². The van der Waals surface area contributed by atoms with E-state index in [1.54, 1.807) is 19.1 Å². The molecule has 0 aromatic heterocycles. The number of ether oxygens (including phenoxy) is 2. The molecular weight excluding hydrogens is 266 g/mol. The average Bonchev–Trinajstić information content (AvgIpc) is 2.43. The van der Waals surface area contributed by atoms with Crippen molar-refractivity contribution in [2.75, 3.05) is 60.1 Å². The van der Waals surface area contributed by atoms with Gasteiger partial charge < -0.3 is 24.8 Å². The first-order chi connectivity index (χ1) is 9.56. The van der Waals surface area contributed by atoms with Crippen molar-refractivity contribution in [2.45, 2.75) is 6.10 Å². The molecule has 1 fully saturated rings. The van der Waals surface area contributed by atoms with Crippen molar-refractivity contribution in [3.05, 3.63) is 0 Å². The van der Waals surface area contributed by atoms with Gasteiger partial charge in [-0.2, -0.15) is 0 Å². The molecule has 8 heteroatoms. The number of aliphatic carboxylic acids is 1. The van der Waals surface area contributed by atoms with Crippen molar-refractivity contribution in [3.63, 3.8) is 0 Å². The summed E-state index contributed by atoms with van der Waals surface area (Å²) < 4.78 is 10.1. The zero-order valence-electron chi connectivity index (χ0n) is 12.0. The second-order valence-corrected chi connectivity index (χ2v) is 4.66. The van der Waals surface area contributed by atoms with Gasteiger partial charge in [-0.05, 0) is 0 Å². The van der Waals surface area contributed by atoms with E-state index in [1.165, 1.54) is 0 Å². The van der Waals surface area contributed by atoms with Gasteiger partial charge in [-0.1, -0.05) is 0 Å². The van der Waals surface area contributed by atoms with Crippen LogP contribution in [-0.2, 0) is 14.3 Å². The Bertz CT molecular complexity index is 318. The maximum absolute atomic E-state index is 11.9. The van der Waals surface area contributed by atoms with E-state index < -0.39 is 5.97 Å². The lowest BCUT2D eigenvalue weighted by molar-refractivity contribution is -0.138. The molecule has 20 heavy (non-hydrogen) atoms. The van der Waals surface area contributed by atoms with Crippen LogP contribution in [0.5, 0.6) is 0 Å². The first-order valence-corrected chi connectivity index (χ1v) is 6.55. The molecule has 1 saturated heterocycles. The second kappa shape index (κ2) is 8.72. The van der Waals surface area contributed by atoms with Gasteiger partial charge >= 0.3 is 12.0 Å². The molecule has 0 bridgehead atoms. The van der Waals surface area contributed by atoms with E-state index in [2.05, 4.69) is 5.32 Å². The molecule has 116 valence electrons. The molecule has 1 unspecified atom stereocenters. The van der Waals surface area contributed by atoms with E-state index >= 15 is 0 Å². The monoisotopic (exact) mass is 289 g/mol. The summed E-state index contributed by atoms with van der Waals surface area (Å²) in [6.07, 6.45) is -0.169. The maximum atomic E-state index is 11.9. The van der Waals surface area contributed by atoms with E-state index in [1.807, 2.05) is 4.90 Å². The van der Waals surface area contributed by atoms with Crippen LogP contribution in [0.25, 0.3) is 0 Å². The van der Waals surface area contributed by atoms with Gasteiger partial charge in [0.15, 0.2) is 0 Å². The number of piperazine rings is 1. The van der Waals surface area contributed by atoms with Crippen LogP contribution in [0.1, 0.15) is 0 Å². The minimum absolute atomic E-state index is 0.0229. The third kappa shape index (κ3) is 5.72. The van der Waals surface area contributed by atoms with Crippen molar-refractivity contribution >= 4 is 12.0 Å². The molecule has 2 amide bonds. The normalized spacial score (nSPS) is 17.8. The molecular formula is C12H23N3O5. The average molecular weight is 289 g/mol. The third-order valence-corrected chi connectivity index (χ3v) is 3.19. The number of rotatable bonds is 7. The number of methoxy groups -OCH3 is 2. The van der Waals surface area contributed by atoms with Crippen LogP contribution in [0.3, 0.4) is 0 Å². The number of carbonyl (C=O) groups excluding carboxylic acids is 1. The number of nitrogens with zero attached hydrogens (tertiary/aromatic N) is 2. The fourth-order valence-corrected chi connectivity index (χ4v) is 2.01. The van der Waals surface area contributed by atoms with Gasteiger partial charge in [0.25, 0.3) is 0 Å². The summed E-state index contributed by atoms with van der Waals surface area (Å²) >= 11 is 0. The Morgan fingerprint density at radius 3 is 2.40 bits per heavy atom. The summed E-state index contributed by atoms with van der Waals surface area (Å²) in [5.74, 6) is -0.842. The first-order valence-electron chi connectivity index (χ1n) is 6.55. The highest BCUT2D eigenvalue weighted by Gasteiger charge is 2.22. The number of carbonyl (C=O) groups is 2. The molecule has 1 atom stereocenters. The van der Waals surface area contributed by atoms with Crippen LogP contribution >= 0.6 is 0 Å². The lowest BCUT2D eigenvalue weighted by Crippen LogP contribution is -2.53. The van der Waals surface area contributed by atoms with E-state index in [0.29, 0.717) is 39.3 Å². The van der Waals surface area contributed by atoms with E-state index in [0.717, 1.165) is 0 Å². The quantitative estimate of drug-likeness (QED) is 0.628. The summed E-state index contributed by atoms with van der Waals surface area (Å²) in [5, 5.41) is 11.5. The predicted molar refractivity (Wildman–Crippen MR) is 71.7 cm³/mol. The smallest absolute Gasteiger partial charge is 0.317 e. The minimum atomic E-state index is -0.842. The SMILES string of the molecule is COCC(CNC(=O)N1CCN(CC(=O)O)CC1)OC. The van der Waals surface area contributed by atoms with Gasteiger partial charge in [-0.15, -0.1) is 0 Å². The summed E-state index contributed by atoms with van der Waals surface area (Å²) in [6.45, 7) is 3.04. The molecule has 2 N–H and O–H groups in total. The zero-order valence-corrected chi connectivity index (χ0v) is 12.0. The number of hydrogen-bond donors (Lipinski definition) is 2. The highest BCUT2D eigenvalue weighted by atomic mass is 16.5. The largest absolute Gasteiger partial charge is 0.480 e. The summed E-state index contributed by atoms with van der Waals surface area (Å²) in [6, 6.07) is -0.155. The summed E-state index contributed by atoms with van der Waals surface area (Å²) in [5.41, 5.74) is 0. The Hall–Kier alpha value is -1.38. The number of nitrogens with one attached hydrogen (secondary N) is 1. The van der Waals surface area contributed by atoms with Gasteiger partial charge in [0, 0.05) is 46.9 Å². The summed E-state index contributed by atoms with van der Waals surface area (Å²) in [4.78, 5) is 26.0. The molecule has 0 radical (unpaired) electrons. The topological polar surface area (TPSA) is 91.3 Å². The number of carboxylic acid groups (broad SMARTS) is 1. The first kappa shape index (κ1) is 16.7. The third-order valence-electron chi connectivity index (χ3n) is 3.19. The van der Waals surface area contributed by atoms with Gasteiger partial charge in [-0.3, -0.25) is 9.69 Å². The molecule has 1 heterocycles. The van der Waals surface area contributed by atoms with Gasteiger partial charge in [0.1, 0.15) is 0 Å². The van der Waals surface area contributed by atoms with E-state index in [9.17, 15) is 9.59 Å². The second-order valence-electron chi connectivity index (χ2n) is 4.66. The Kier molecular flexibility index (Phi) is 7.27. The standard InChI is InChI=1S/C12H23N3O5/c1-19-9-10(20-2)7-13-12(18)15-5-3-14(4-6-15)8-11(16)17/h10H,3-9H2,1-2H3,(H,13,18)(H,16,17). The predicted octanol–water partition coefficient (Wildman–Crippen LogP) is -0.940. The van der Waals surface area contributed by atoms with Crippen molar-refractivity contribution in [1.82, 2.24) is 15.1 Å². The highest BCUT2D eigenvalue weighted by molar-refractivity contribution is 5.74. The fraction of sp³-hybridized carbons (Fsp3) is 0.833. The van der Waals surface area contributed by atoms with E-state index in [-0.39, 0.29) is 18.7 Å². The van der Waals surface area contributed by atoms with Crippen molar-refractivity contribution in [1.29, 1.82) is 0 Å². The number of urea groups is 1. The van der Waals surface area contributed by atoms with Crippen molar-refractivity contribution in [3.8, 4) is 0 Å². The number of carboxylic acids is 1. The molecule has 8 nitrogen and oxygen atoms in total. The molecule has 1 rings (SSSR count). The minimum Gasteiger partial charge on any atom is -0.480 e. The zero-order chi connectivity index (χ0) is 15.0. The van der Waals surface area contributed by atoms with Gasteiger partial charge in [0.2, 0.25) is 0 Å². The van der Waals surface area contributed by atoms with E-state index in [4.69, 9.17) is 14.6 Å². The van der Waals surface area contributed by atoms with Crippen molar-refractivity contribution < 1.29 is 24.2 Å². The van der Waals surface area contributed by atoms with Crippen LogP contribution in [0.4, 0.5) is 4.79 Å². The highest BCUT2D eigenvalue weighted by Crippen LogP contribution is 2.02. The Morgan fingerprint density at radius 1 is 1.25 bits per heavy atom. The molecule has 0 aromatic rings. The Labute approximate surface area is 118 Å². The molecule has 0 spiro atoms. The molecule has 1 aliphatic heterocycles. The molecule has 0 aliphatic carbocycles. The fourth-order valence-electron chi connectivity index (χ4n) is 2.01.